The number of alkyl halides is 6. The first kappa shape index (κ1) is 35.2. The number of rotatable bonds is 25. The number of aliphatic hydroxyl groups is 3. The summed E-state index contributed by atoms with van der Waals surface area (Å²) in [5, 5.41) is 27.5. The molecule has 0 radical (unpaired) electrons. The van der Waals surface area contributed by atoms with Crippen LogP contribution in [0.15, 0.2) is 0 Å². The summed E-state index contributed by atoms with van der Waals surface area (Å²) >= 11 is 0. The maximum Gasteiger partial charge on any atom is 0.293 e. The Morgan fingerprint density at radius 2 is 0.889 bits per heavy atom. The van der Waals surface area contributed by atoms with Crippen LogP contribution >= 0.6 is 0 Å². The fourth-order valence-corrected chi connectivity index (χ4v) is 2.36. The van der Waals surface area contributed by atoms with E-state index in [0.717, 1.165) is 12.8 Å². The van der Waals surface area contributed by atoms with E-state index in [9.17, 15) is 36.6 Å². The summed E-state index contributed by atoms with van der Waals surface area (Å²) in [4.78, 5) is 0. The Morgan fingerprint density at radius 3 is 1.25 bits per heavy atom. The van der Waals surface area contributed by atoms with Crippen LogP contribution in [0.3, 0.4) is 0 Å². The van der Waals surface area contributed by atoms with Gasteiger partial charge in [0.05, 0.1) is 39.6 Å². The number of hydrogen-bond donors (Lipinski definition) is 3. The molecule has 218 valence electrons. The minimum absolute atomic E-state index is 0.0520. The van der Waals surface area contributed by atoms with Crippen LogP contribution in [0.5, 0.6) is 0 Å². The van der Waals surface area contributed by atoms with Gasteiger partial charge in [-0.1, -0.05) is 13.3 Å². The minimum Gasteiger partial charge on any atom is -0.394 e. The van der Waals surface area contributed by atoms with E-state index in [-0.39, 0.29) is 26.4 Å². The van der Waals surface area contributed by atoms with Crippen LogP contribution < -0.4 is 0 Å². The highest BCUT2D eigenvalue weighted by atomic mass is 19.3. The van der Waals surface area contributed by atoms with E-state index >= 15 is 0 Å². The molecule has 0 saturated carbocycles. The van der Waals surface area contributed by atoms with E-state index < -0.39 is 82.8 Å². The van der Waals surface area contributed by atoms with E-state index in [4.69, 9.17) is 14.6 Å². The molecule has 0 aromatic rings. The van der Waals surface area contributed by atoms with Gasteiger partial charge in [0.1, 0.15) is 51.8 Å². The molecule has 36 heavy (non-hydrogen) atoms. The van der Waals surface area contributed by atoms with E-state index in [0.29, 0.717) is 6.61 Å². The average Bonchev–Trinajstić information content (AvgIpc) is 2.76. The van der Waals surface area contributed by atoms with E-state index in [1.54, 1.807) is 0 Å². The number of aliphatic hydroxyl groups excluding tert-OH is 3. The molecule has 0 fully saturated rings. The Morgan fingerprint density at radius 1 is 0.556 bits per heavy atom. The van der Waals surface area contributed by atoms with Crippen molar-refractivity contribution in [1.82, 2.24) is 0 Å². The second-order valence-electron chi connectivity index (χ2n) is 8.12. The van der Waals surface area contributed by atoms with Gasteiger partial charge in [0.15, 0.2) is 0 Å². The summed E-state index contributed by atoms with van der Waals surface area (Å²) in [5.74, 6) is -11.1. The number of hydrogen-bond acceptors (Lipinski definition) is 9. The predicted octanol–water partition coefficient (Wildman–Crippen LogP) is 1.51. The van der Waals surface area contributed by atoms with Crippen LogP contribution in [-0.4, -0.2) is 131 Å². The minimum atomic E-state index is -3.82. The first-order valence-electron chi connectivity index (χ1n) is 11.4. The van der Waals surface area contributed by atoms with E-state index in [1.807, 2.05) is 6.92 Å². The number of halogens is 6. The SMILES string of the molecule is CCCCOCC(O)COCC(F)(F)COCC(F)(F)COCC(F)(F)COCC(O)COCCO. The van der Waals surface area contributed by atoms with Gasteiger partial charge in [-0.3, -0.25) is 0 Å². The third kappa shape index (κ3) is 21.3. The molecule has 9 nitrogen and oxygen atoms in total. The van der Waals surface area contributed by atoms with Gasteiger partial charge in [0, 0.05) is 6.61 Å². The highest BCUT2D eigenvalue weighted by molar-refractivity contribution is 4.71. The normalized spacial score (nSPS) is 14.8. The maximum absolute atomic E-state index is 13.7. The van der Waals surface area contributed by atoms with Gasteiger partial charge in [0.25, 0.3) is 17.8 Å². The summed E-state index contributed by atoms with van der Waals surface area (Å²) in [6.45, 7) is -7.56. The Hall–Kier alpha value is -0.780. The average molecular weight is 549 g/mol. The first-order chi connectivity index (χ1) is 16.8. The van der Waals surface area contributed by atoms with E-state index in [1.165, 1.54) is 0 Å². The molecule has 0 saturated heterocycles. The molecule has 0 aliphatic heterocycles. The lowest BCUT2D eigenvalue weighted by molar-refractivity contribution is -0.185. The van der Waals surface area contributed by atoms with Crippen LogP contribution in [0.25, 0.3) is 0 Å². The zero-order chi connectivity index (χ0) is 27.5. The number of ether oxygens (including phenoxy) is 6. The Balaban J connectivity index is 4.04. The second-order valence-corrected chi connectivity index (χ2v) is 8.12. The third-order valence-electron chi connectivity index (χ3n) is 4.00. The summed E-state index contributed by atoms with van der Waals surface area (Å²) in [6.07, 6.45) is -0.682. The standard InChI is InChI=1S/C21H38F6O9/c1-2-3-5-31-7-17(29)9-33-11-19(22,23)13-35-15-21(26,27)16-36-14-20(24,25)12-34-10-18(30)8-32-6-4-28/h17-18,28-30H,2-16H2,1H3. The van der Waals surface area contributed by atoms with Crippen molar-refractivity contribution in [2.75, 3.05) is 85.9 Å². The Labute approximate surface area is 206 Å². The molecule has 0 amide bonds. The summed E-state index contributed by atoms with van der Waals surface area (Å²) in [7, 11) is 0. The largest absolute Gasteiger partial charge is 0.394 e. The van der Waals surface area contributed by atoms with Crippen LogP contribution in [0.4, 0.5) is 26.3 Å². The smallest absolute Gasteiger partial charge is 0.293 e. The van der Waals surface area contributed by atoms with E-state index in [2.05, 4.69) is 18.9 Å². The van der Waals surface area contributed by atoms with Gasteiger partial charge >= 0.3 is 0 Å². The lowest BCUT2D eigenvalue weighted by Crippen LogP contribution is -2.38. The molecule has 0 spiro atoms. The zero-order valence-electron chi connectivity index (χ0n) is 20.3. The van der Waals surface area contributed by atoms with Gasteiger partial charge in [-0.05, 0) is 6.42 Å². The molecule has 2 atom stereocenters. The Bertz CT molecular complexity index is 532. The van der Waals surface area contributed by atoms with Gasteiger partial charge in [-0.15, -0.1) is 0 Å². The van der Waals surface area contributed by atoms with Gasteiger partial charge in [-0.25, -0.2) is 26.3 Å². The van der Waals surface area contributed by atoms with Crippen molar-refractivity contribution < 1.29 is 70.1 Å². The van der Waals surface area contributed by atoms with Crippen molar-refractivity contribution in [3.63, 3.8) is 0 Å². The van der Waals surface area contributed by atoms with Crippen LogP contribution in [0.2, 0.25) is 0 Å². The molecular formula is C21H38F6O9. The molecular weight excluding hydrogens is 510 g/mol. The molecule has 0 aromatic heterocycles. The molecule has 0 aliphatic rings. The summed E-state index contributed by atoms with van der Waals surface area (Å²) < 4.78 is 110. The highest BCUT2D eigenvalue weighted by Crippen LogP contribution is 2.21. The third-order valence-corrected chi connectivity index (χ3v) is 4.00. The molecule has 15 heteroatoms. The molecule has 0 bridgehead atoms. The second kappa shape index (κ2) is 19.3. The molecule has 3 N–H and O–H groups in total. The zero-order valence-corrected chi connectivity index (χ0v) is 20.3. The van der Waals surface area contributed by atoms with Gasteiger partial charge in [-0.2, -0.15) is 0 Å². The maximum atomic E-state index is 13.7. The quantitative estimate of drug-likeness (QED) is 0.115. The fraction of sp³-hybridized carbons (Fsp3) is 1.00. The molecule has 0 heterocycles. The van der Waals surface area contributed by atoms with Gasteiger partial charge in [0.2, 0.25) is 0 Å². The van der Waals surface area contributed by atoms with Crippen molar-refractivity contribution >= 4 is 0 Å². The first-order valence-corrected chi connectivity index (χ1v) is 11.4. The van der Waals surface area contributed by atoms with Crippen molar-refractivity contribution in [3.05, 3.63) is 0 Å². The van der Waals surface area contributed by atoms with Crippen molar-refractivity contribution in [2.24, 2.45) is 0 Å². The topological polar surface area (TPSA) is 116 Å². The predicted molar refractivity (Wildman–Crippen MR) is 114 cm³/mol. The van der Waals surface area contributed by atoms with Crippen molar-refractivity contribution in [1.29, 1.82) is 0 Å². The lowest BCUT2D eigenvalue weighted by atomic mass is 10.3. The van der Waals surface area contributed by atoms with Crippen molar-refractivity contribution in [2.45, 2.75) is 49.7 Å². The monoisotopic (exact) mass is 548 g/mol. The molecule has 0 aromatic carbocycles. The number of unbranched alkanes of at least 4 members (excludes halogenated alkanes) is 1. The van der Waals surface area contributed by atoms with Crippen LogP contribution in [0.1, 0.15) is 19.8 Å². The Kier molecular flexibility index (Phi) is 18.9. The molecule has 0 rings (SSSR count). The molecule has 2 unspecified atom stereocenters. The lowest BCUT2D eigenvalue weighted by Gasteiger charge is -2.22. The summed E-state index contributed by atoms with van der Waals surface area (Å²) in [5.41, 5.74) is 0. The summed E-state index contributed by atoms with van der Waals surface area (Å²) in [6, 6.07) is 0. The fourth-order valence-electron chi connectivity index (χ4n) is 2.36. The highest BCUT2D eigenvalue weighted by Gasteiger charge is 2.37. The van der Waals surface area contributed by atoms with Crippen LogP contribution in [-0.2, 0) is 28.4 Å². The van der Waals surface area contributed by atoms with Crippen LogP contribution in [0, 0.1) is 0 Å². The van der Waals surface area contributed by atoms with Gasteiger partial charge < -0.3 is 43.7 Å². The molecule has 0 aliphatic carbocycles. The van der Waals surface area contributed by atoms with Crippen molar-refractivity contribution in [3.8, 4) is 0 Å².